The largest absolute Gasteiger partial charge is 0.318 e. The molecule has 0 fully saturated rings. The summed E-state index contributed by atoms with van der Waals surface area (Å²) < 4.78 is 16.1. The molecule has 0 aromatic rings. The lowest BCUT2D eigenvalue weighted by molar-refractivity contribution is 0.330. The Morgan fingerprint density at radius 1 is 1.80 bits per heavy atom. The first-order valence-corrected chi connectivity index (χ1v) is 5.27. The van der Waals surface area contributed by atoms with Crippen LogP contribution in [0.5, 0.6) is 0 Å². The van der Waals surface area contributed by atoms with E-state index in [-0.39, 0.29) is 0 Å². The van der Waals surface area contributed by atoms with Gasteiger partial charge >= 0.3 is 0 Å². The standard InChI is InChI=1S/C6H14NO2P/c1-4-6-7-10(3,8)9-5-2/h4H,1,5-6H2,2-3H3,(H,7,8). The molecule has 0 bridgehead atoms. The molecule has 0 aliphatic rings. The summed E-state index contributed by atoms with van der Waals surface area (Å²) in [5, 5.41) is 2.72. The summed E-state index contributed by atoms with van der Waals surface area (Å²) in [7, 11) is -2.53. The van der Waals surface area contributed by atoms with Gasteiger partial charge in [-0.05, 0) is 6.92 Å². The van der Waals surface area contributed by atoms with Crippen molar-refractivity contribution < 1.29 is 9.09 Å². The Kier molecular flexibility index (Phi) is 4.62. The maximum absolute atomic E-state index is 11.2. The Morgan fingerprint density at radius 3 is 2.80 bits per heavy atom. The highest BCUT2D eigenvalue weighted by atomic mass is 31.2. The van der Waals surface area contributed by atoms with Crippen LogP contribution in [-0.4, -0.2) is 19.8 Å². The van der Waals surface area contributed by atoms with Crippen molar-refractivity contribution in [3.63, 3.8) is 0 Å². The molecule has 3 nitrogen and oxygen atoms in total. The van der Waals surface area contributed by atoms with Crippen LogP contribution in [0.1, 0.15) is 6.92 Å². The molecule has 1 atom stereocenters. The fraction of sp³-hybridized carbons (Fsp3) is 0.667. The van der Waals surface area contributed by atoms with Gasteiger partial charge in [0.15, 0.2) is 0 Å². The molecule has 4 heteroatoms. The molecule has 0 aliphatic heterocycles. The third-order valence-corrected chi connectivity index (χ3v) is 2.41. The second kappa shape index (κ2) is 4.67. The van der Waals surface area contributed by atoms with Crippen LogP contribution in [0.2, 0.25) is 0 Å². The molecule has 0 saturated carbocycles. The van der Waals surface area contributed by atoms with E-state index in [4.69, 9.17) is 4.52 Å². The van der Waals surface area contributed by atoms with Crippen molar-refractivity contribution in [2.45, 2.75) is 6.92 Å². The summed E-state index contributed by atoms with van der Waals surface area (Å²) in [6.07, 6.45) is 1.65. The first kappa shape index (κ1) is 9.89. The van der Waals surface area contributed by atoms with Gasteiger partial charge in [-0.2, -0.15) is 0 Å². The summed E-state index contributed by atoms with van der Waals surface area (Å²) in [6.45, 7) is 7.84. The van der Waals surface area contributed by atoms with E-state index in [0.717, 1.165) is 0 Å². The van der Waals surface area contributed by atoms with E-state index in [1.165, 1.54) is 0 Å². The number of hydrogen-bond acceptors (Lipinski definition) is 2. The highest BCUT2D eigenvalue weighted by Crippen LogP contribution is 2.36. The lowest BCUT2D eigenvalue weighted by atomic mass is 10.7. The quantitative estimate of drug-likeness (QED) is 0.494. The number of nitrogens with one attached hydrogen (secondary N) is 1. The Hall–Kier alpha value is -0.110. The fourth-order valence-electron chi connectivity index (χ4n) is 0.522. The minimum atomic E-state index is -2.53. The molecular weight excluding hydrogens is 149 g/mol. The van der Waals surface area contributed by atoms with Gasteiger partial charge in [-0.25, -0.2) is 5.09 Å². The SMILES string of the molecule is C=CCNP(C)(=O)OCC. The van der Waals surface area contributed by atoms with E-state index in [0.29, 0.717) is 13.2 Å². The smallest absolute Gasteiger partial charge is 0.267 e. The highest BCUT2D eigenvalue weighted by molar-refractivity contribution is 7.56. The average molecular weight is 163 g/mol. The first-order valence-electron chi connectivity index (χ1n) is 3.20. The van der Waals surface area contributed by atoms with Crippen LogP contribution in [-0.2, 0) is 9.09 Å². The van der Waals surface area contributed by atoms with Crippen LogP contribution in [0.3, 0.4) is 0 Å². The Morgan fingerprint density at radius 2 is 2.40 bits per heavy atom. The molecule has 1 N–H and O–H groups in total. The molecule has 0 aromatic heterocycles. The Labute approximate surface area is 62.0 Å². The van der Waals surface area contributed by atoms with Gasteiger partial charge in [0.1, 0.15) is 0 Å². The lowest BCUT2D eigenvalue weighted by Crippen LogP contribution is -2.11. The van der Waals surface area contributed by atoms with Crippen molar-refractivity contribution in [1.82, 2.24) is 5.09 Å². The number of rotatable bonds is 5. The van der Waals surface area contributed by atoms with Crippen LogP contribution in [0.25, 0.3) is 0 Å². The molecule has 10 heavy (non-hydrogen) atoms. The Balaban J connectivity index is 3.63. The molecule has 0 saturated heterocycles. The summed E-state index contributed by atoms with van der Waals surface area (Å²) in [5.74, 6) is 0. The summed E-state index contributed by atoms with van der Waals surface area (Å²) in [6, 6.07) is 0. The van der Waals surface area contributed by atoms with Crippen molar-refractivity contribution >= 4 is 7.52 Å². The molecule has 0 heterocycles. The van der Waals surface area contributed by atoms with Gasteiger partial charge in [0.05, 0.1) is 6.61 Å². The van der Waals surface area contributed by atoms with Crippen LogP contribution >= 0.6 is 7.52 Å². The monoisotopic (exact) mass is 163 g/mol. The normalized spacial score (nSPS) is 16.2. The van der Waals surface area contributed by atoms with Crippen molar-refractivity contribution in [3.05, 3.63) is 12.7 Å². The van der Waals surface area contributed by atoms with E-state index in [1.54, 1.807) is 12.7 Å². The maximum Gasteiger partial charge on any atom is 0.267 e. The third-order valence-electron chi connectivity index (χ3n) is 0.898. The van der Waals surface area contributed by atoms with E-state index in [1.807, 2.05) is 6.92 Å². The first-order chi connectivity index (χ1) is 4.62. The molecule has 0 amide bonds. The minimum Gasteiger partial charge on any atom is -0.318 e. The maximum atomic E-state index is 11.2. The zero-order chi connectivity index (χ0) is 8.04. The second-order valence-corrected chi connectivity index (χ2v) is 4.18. The van der Waals surface area contributed by atoms with Crippen molar-refractivity contribution in [2.75, 3.05) is 19.8 Å². The third kappa shape index (κ3) is 4.74. The minimum absolute atomic E-state index is 0.470. The van der Waals surface area contributed by atoms with Crippen molar-refractivity contribution in [1.29, 1.82) is 0 Å². The molecule has 0 aliphatic carbocycles. The van der Waals surface area contributed by atoms with Crippen LogP contribution in [0.15, 0.2) is 12.7 Å². The van der Waals surface area contributed by atoms with Crippen molar-refractivity contribution in [3.8, 4) is 0 Å². The van der Waals surface area contributed by atoms with Gasteiger partial charge in [-0.3, -0.25) is 4.57 Å². The van der Waals surface area contributed by atoms with Gasteiger partial charge in [-0.15, -0.1) is 6.58 Å². The zero-order valence-electron chi connectivity index (χ0n) is 6.46. The van der Waals surface area contributed by atoms with E-state index in [9.17, 15) is 4.57 Å². The average Bonchev–Trinajstić information content (AvgIpc) is 1.84. The Bertz CT molecular complexity index is 147. The second-order valence-electron chi connectivity index (χ2n) is 1.91. The lowest BCUT2D eigenvalue weighted by Gasteiger charge is -2.11. The number of hydrogen-bond donors (Lipinski definition) is 1. The topological polar surface area (TPSA) is 38.3 Å². The molecule has 60 valence electrons. The molecular formula is C6H14NO2P. The predicted octanol–water partition coefficient (Wildman–Crippen LogP) is 1.62. The summed E-state index contributed by atoms with van der Waals surface area (Å²) in [4.78, 5) is 0. The van der Waals surface area contributed by atoms with Gasteiger partial charge in [-0.1, -0.05) is 6.08 Å². The van der Waals surface area contributed by atoms with Crippen molar-refractivity contribution in [2.24, 2.45) is 0 Å². The van der Waals surface area contributed by atoms with Gasteiger partial charge in [0, 0.05) is 13.2 Å². The van der Waals surface area contributed by atoms with E-state index in [2.05, 4.69) is 11.7 Å². The van der Waals surface area contributed by atoms with Crippen LogP contribution < -0.4 is 5.09 Å². The zero-order valence-corrected chi connectivity index (χ0v) is 7.36. The van der Waals surface area contributed by atoms with Gasteiger partial charge in [0.2, 0.25) is 0 Å². The summed E-state index contributed by atoms with van der Waals surface area (Å²) >= 11 is 0. The van der Waals surface area contributed by atoms with Crippen LogP contribution in [0.4, 0.5) is 0 Å². The molecule has 0 spiro atoms. The predicted molar refractivity (Wildman–Crippen MR) is 43.4 cm³/mol. The fourth-order valence-corrected chi connectivity index (χ4v) is 1.57. The molecule has 0 radical (unpaired) electrons. The van der Waals surface area contributed by atoms with Crippen LogP contribution in [0, 0.1) is 0 Å². The molecule has 0 rings (SSSR count). The summed E-state index contributed by atoms with van der Waals surface area (Å²) in [5.41, 5.74) is 0. The van der Waals surface area contributed by atoms with E-state index < -0.39 is 7.52 Å². The molecule has 0 aromatic carbocycles. The highest BCUT2D eigenvalue weighted by Gasteiger charge is 2.11. The van der Waals surface area contributed by atoms with Gasteiger partial charge in [0.25, 0.3) is 7.52 Å². The molecule has 1 unspecified atom stereocenters. The van der Waals surface area contributed by atoms with Gasteiger partial charge < -0.3 is 4.52 Å². The van der Waals surface area contributed by atoms with E-state index >= 15 is 0 Å².